The largest absolute Gasteiger partial charge is 0.241 e. The summed E-state index contributed by atoms with van der Waals surface area (Å²) < 4.78 is 1.31. The van der Waals surface area contributed by atoms with Crippen molar-refractivity contribution in [2.45, 2.75) is 19.8 Å². The lowest BCUT2D eigenvalue weighted by atomic mass is 10.3. The number of aryl methyl sites for hydroxylation is 1. The molecule has 0 saturated heterocycles. The van der Waals surface area contributed by atoms with Gasteiger partial charge in [0.25, 0.3) is 0 Å². The number of hydrogen-bond acceptors (Lipinski definition) is 2. The van der Waals surface area contributed by atoms with Crippen molar-refractivity contribution in [1.29, 1.82) is 0 Å². The predicted octanol–water partition coefficient (Wildman–Crippen LogP) is 3.70. The number of fused-ring (bicyclic) bond motifs is 1. The number of nitrogens with zero attached hydrogens (tertiary/aromatic N) is 1. The maximum atomic E-state index is 4.52. The van der Waals surface area contributed by atoms with Crippen molar-refractivity contribution in [2.75, 3.05) is 0 Å². The number of aromatic nitrogens is 1. The van der Waals surface area contributed by atoms with E-state index in [2.05, 4.69) is 30.1 Å². The second-order valence-corrected chi connectivity index (χ2v) is 3.94. The maximum absolute atomic E-state index is 4.52. The van der Waals surface area contributed by atoms with Crippen molar-refractivity contribution in [1.82, 2.24) is 4.98 Å². The van der Waals surface area contributed by atoms with Gasteiger partial charge in [-0.3, -0.25) is 0 Å². The second-order valence-electron chi connectivity index (χ2n) is 2.83. The quantitative estimate of drug-likeness (QED) is 0.824. The molecular formula is C10H19NS5. The molecule has 1 heterocycles. The number of rotatable bonds is 2. The zero-order valence-corrected chi connectivity index (χ0v) is 13.9. The monoisotopic (exact) mass is 313 g/mol. The SMILES string of the molecule is CCCc1nc2ccccc2s1.S.S.S.S. The summed E-state index contributed by atoms with van der Waals surface area (Å²) in [5, 5.41) is 1.26. The first-order valence-electron chi connectivity index (χ1n) is 4.24. The molecular weight excluding hydrogens is 294 g/mol. The molecule has 2 aromatic rings. The zero-order chi connectivity index (χ0) is 8.39. The Morgan fingerprint density at radius 2 is 1.69 bits per heavy atom. The van der Waals surface area contributed by atoms with Crippen LogP contribution in [0.3, 0.4) is 0 Å². The van der Waals surface area contributed by atoms with E-state index in [0.717, 1.165) is 11.9 Å². The van der Waals surface area contributed by atoms with Gasteiger partial charge in [0.15, 0.2) is 0 Å². The Morgan fingerprint density at radius 1 is 1.06 bits per heavy atom. The first-order valence-corrected chi connectivity index (χ1v) is 5.06. The summed E-state index contributed by atoms with van der Waals surface area (Å²) in [5.74, 6) is 0. The van der Waals surface area contributed by atoms with Gasteiger partial charge in [-0.2, -0.15) is 54.0 Å². The van der Waals surface area contributed by atoms with E-state index in [1.807, 2.05) is 17.4 Å². The predicted molar refractivity (Wildman–Crippen MR) is 95.1 cm³/mol. The molecule has 0 radical (unpaired) electrons. The Hall–Kier alpha value is 0.510. The molecule has 1 aromatic carbocycles. The van der Waals surface area contributed by atoms with Crippen LogP contribution in [0.15, 0.2) is 24.3 Å². The van der Waals surface area contributed by atoms with Gasteiger partial charge in [0.1, 0.15) is 0 Å². The molecule has 0 N–H and O–H groups in total. The molecule has 1 nitrogen and oxygen atoms in total. The minimum Gasteiger partial charge on any atom is -0.241 e. The van der Waals surface area contributed by atoms with E-state index < -0.39 is 0 Å². The van der Waals surface area contributed by atoms with Crippen LogP contribution < -0.4 is 0 Å². The highest BCUT2D eigenvalue weighted by Gasteiger charge is 2.00. The third-order valence-corrected chi connectivity index (χ3v) is 2.90. The van der Waals surface area contributed by atoms with E-state index in [9.17, 15) is 0 Å². The van der Waals surface area contributed by atoms with E-state index >= 15 is 0 Å². The summed E-state index contributed by atoms with van der Waals surface area (Å²) in [4.78, 5) is 4.52. The lowest BCUT2D eigenvalue weighted by molar-refractivity contribution is 0.913. The molecule has 1 aromatic heterocycles. The summed E-state index contributed by atoms with van der Waals surface area (Å²) in [6, 6.07) is 8.31. The summed E-state index contributed by atoms with van der Waals surface area (Å²) >= 11 is 1.81. The molecule has 0 unspecified atom stereocenters. The van der Waals surface area contributed by atoms with Crippen LogP contribution in [0.5, 0.6) is 0 Å². The molecule has 0 spiro atoms. The summed E-state index contributed by atoms with van der Waals surface area (Å²) in [6.07, 6.45) is 2.29. The van der Waals surface area contributed by atoms with E-state index in [4.69, 9.17) is 0 Å². The molecule has 2 rings (SSSR count). The molecule has 0 aliphatic rings. The van der Waals surface area contributed by atoms with Gasteiger partial charge in [-0.1, -0.05) is 19.1 Å². The summed E-state index contributed by atoms with van der Waals surface area (Å²) in [5.41, 5.74) is 1.14. The highest BCUT2D eigenvalue weighted by molar-refractivity contribution is 7.59. The van der Waals surface area contributed by atoms with Gasteiger partial charge in [-0.25, -0.2) is 4.98 Å². The Kier molecular flexibility index (Phi) is 14.5. The van der Waals surface area contributed by atoms with E-state index in [1.54, 1.807) is 0 Å². The highest BCUT2D eigenvalue weighted by Crippen LogP contribution is 2.22. The topological polar surface area (TPSA) is 12.9 Å². The number of para-hydroxylation sites is 1. The fourth-order valence-electron chi connectivity index (χ4n) is 1.24. The third kappa shape index (κ3) is 5.23. The van der Waals surface area contributed by atoms with Crippen LogP contribution >= 0.6 is 65.3 Å². The molecule has 16 heavy (non-hydrogen) atoms. The van der Waals surface area contributed by atoms with Crippen LogP contribution in [0.1, 0.15) is 18.4 Å². The van der Waals surface area contributed by atoms with Crippen molar-refractivity contribution in [2.24, 2.45) is 0 Å². The van der Waals surface area contributed by atoms with Gasteiger partial charge < -0.3 is 0 Å². The highest BCUT2D eigenvalue weighted by atomic mass is 32.1. The smallest absolute Gasteiger partial charge is 0.0938 e. The lowest BCUT2D eigenvalue weighted by Crippen LogP contribution is -1.78. The molecule has 0 amide bonds. The molecule has 0 aliphatic heterocycles. The Bertz CT molecular complexity index is 354. The van der Waals surface area contributed by atoms with Crippen molar-refractivity contribution >= 4 is 75.5 Å². The molecule has 0 saturated carbocycles. The minimum atomic E-state index is 0. The fraction of sp³-hybridized carbons (Fsp3) is 0.300. The van der Waals surface area contributed by atoms with E-state index in [0.29, 0.717) is 0 Å². The molecule has 6 heteroatoms. The first kappa shape index (κ1) is 21.8. The molecule has 0 fully saturated rings. The average Bonchev–Trinajstić information content (AvgIpc) is 2.47. The number of hydrogen-bond donors (Lipinski definition) is 0. The lowest BCUT2D eigenvalue weighted by Gasteiger charge is -1.85. The van der Waals surface area contributed by atoms with Gasteiger partial charge in [0, 0.05) is 0 Å². The van der Waals surface area contributed by atoms with Crippen molar-refractivity contribution < 1.29 is 0 Å². The fourth-order valence-corrected chi connectivity index (χ4v) is 2.31. The van der Waals surface area contributed by atoms with Crippen molar-refractivity contribution in [3.8, 4) is 0 Å². The summed E-state index contributed by atoms with van der Waals surface area (Å²) in [6.45, 7) is 2.19. The normalized spacial score (nSPS) is 8.06. The van der Waals surface area contributed by atoms with Gasteiger partial charge in [0.05, 0.1) is 15.2 Å². The molecule has 0 atom stereocenters. The summed E-state index contributed by atoms with van der Waals surface area (Å²) in [7, 11) is 0. The van der Waals surface area contributed by atoms with E-state index in [1.165, 1.54) is 16.1 Å². The number of benzene rings is 1. The Morgan fingerprint density at radius 3 is 2.25 bits per heavy atom. The maximum Gasteiger partial charge on any atom is 0.0938 e. The average molecular weight is 314 g/mol. The van der Waals surface area contributed by atoms with Gasteiger partial charge >= 0.3 is 0 Å². The second kappa shape index (κ2) is 10.7. The van der Waals surface area contributed by atoms with Crippen LogP contribution in [0.4, 0.5) is 0 Å². The Balaban J connectivity index is -0.000000422. The third-order valence-electron chi connectivity index (χ3n) is 1.80. The van der Waals surface area contributed by atoms with Gasteiger partial charge in [-0.05, 0) is 25.0 Å². The van der Waals surface area contributed by atoms with Crippen LogP contribution in [-0.4, -0.2) is 4.98 Å². The Labute approximate surface area is 129 Å². The molecule has 0 bridgehead atoms. The van der Waals surface area contributed by atoms with Crippen molar-refractivity contribution in [3.63, 3.8) is 0 Å². The molecule has 94 valence electrons. The number of thiazole rings is 1. The molecule has 0 aliphatic carbocycles. The minimum absolute atomic E-state index is 0. The first-order chi connectivity index (χ1) is 5.90. The van der Waals surface area contributed by atoms with Gasteiger partial charge in [-0.15, -0.1) is 11.3 Å². The van der Waals surface area contributed by atoms with Crippen molar-refractivity contribution in [3.05, 3.63) is 29.3 Å². The van der Waals surface area contributed by atoms with Gasteiger partial charge in [0.2, 0.25) is 0 Å². The zero-order valence-electron chi connectivity index (χ0n) is 9.08. The van der Waals surface area contributed by atoms with Crippen LogP contribution in [0.25, 0.3) is 10.2 Å². The van der Waals surface area contributed by atoms with E-state index in [-0.39, 0.29) is 54.0 Å². The van der Waals surface area contributed by atoms with Crippen LogP contribution in [0, 0.1) is 0 Å². The van der Waals surface area contributed by atoms with Crippen LogP contribution in [0.2, 0.25) is 0 Å². The van der Waals surface area contributed by atoms with Crippen LogP contribution in [-0.2, 0) is 6.42 Å². The standard InChI is InChI=1S/C10H11NS.4H2S/c1-2-5-10-11-8-6-3-4-7-9(8)12-10;;;;/h3-4,6-7H,2,5H2,1H3;4*1H2.